The van der Waals surface area contributed by atoms with Crippen molar-refractivity contribution in [1.82, 2.24) is 5.32 Å². The number of ether oxygens (including phenoxy) is 1. The molecule has 1 amide bonds. The lowest BCUT2D eigenvalue weighted by molar-refractivity contribution is -0.148. The van der Waals surface area contributed by atoms with Gasteiger partial charge in [0.05, 0.1) is 25.2 Å². The number of carbonyl (C=O) groups is 2. The molecule has 0 radical (unpaired) electrons. The van der Waals surface area contributed by atoms with E-state index >= 15 is 0 Å². The van der Waals surface area contributed by atoms with E-state index in [4.69, 9.17) is 4.74 Å². The molecule has 3 N–H and O–H groups in total. The van der Waals surface area contributed by atoms with Gasteiger partial charge in [0, 0.05) is 6.42 Å². The Morgan fingerprint density at radius 1 is 0.462 bits per heavy atom. The summed E-state index contributed by atoms with van der Waals surface area (Å²) in [4.78, 5) is 26.1. The van der Waals surface area contributed by atoms with E-state index in [2.05, 4.69) is 50.4 Å². The van der Waals surface area contributed by atoms with Crippen molar-refractivity contribution in [2.24, 2.45) is 0 Å². The van der Waals surface area contributed by atoms with Gasteiger partial charge in [-0.1, -0.05) is 263 Å². The first-order valence-corrected chi connectivity index (χ1v) is 28.7. The topological polar surface area (TPSA) is 95.9 Å². The van der Waals surface area contributed by atoms with Crippen LogP contribution in [0.1, 0.15) is 303 Å². The predicted molar refractivity (Wildman–Crippen MR) is 282 cm³/mol. The summed E-state index contributed by atoms with van der Waals surface area (Å²) in [7, 11) is 0. The Hall–Kier alpha value is -1.92. The van der Waals surface area contributed by atoms with E-state index in [9.17, 15) is 19.8 Å². The highest BCUT2D eigenvalue weighted by atomic mass is 16.5. The highest BCUT2D eigenvalue weighted by Crippen LogP contribution is 2.17. The maximum atomic E-state index is 13.2. The van der Waals surface area contributed by atoms with E-state index in [1.165, 1.54) is 212 Å². The standard InChI is InChI=1S/C59H111NO5/c1-4-7-10-13-16-19-22-24-26-28-29-30-32-34-37-40-43-46-49-52-59(64)65-55(50-47-44-41-38-35-21-18-15-12-9-6-3)53-58(63)60-56(54-61)57(62)51-48-45-42-39-36-33-31-27-25-23-20-17-14-11-8-5-2/h24,26,38,41,47,50,55-57,61-62H,4-23,25,27-37,39-40,42-46,48-49,51-54H2,1-3H3,(H,60,63)/b26-24+,41-38-,50-47+. The fraction of sp³-hybridized carbons (Fsp3) is 0.864. The molecule has 0 aromatic carbocycles. The Morgan fingerprint density at radius 3 is 1.22 bits per heavy atom. The Balaban J connectivity index is 4.49. The Labute approximate surface area is 404 Å². The SMILES string of the molecule is CCCCCCCC/C=C\C/C=C/C(CC(=O)NC(CO)C(O)CCCCCCCCCCCCCCCCCC)OC(=O)CCCCCCCCCCC/C=C/CCCCCCCC. The van der Waals surface area contributed by atoms with Gasteiger partial charge < -0.3 is 20.3 Å². The van der Waals surface area contributed by atoms with E-state index in [1.54, 1.807) is 0 Å². The van der Waals surface area contributed by atoms with Crippen LogP contribution in [0.4, 0.5) is 0 Å². The van der Waals surface area contributed by atoms with Gasteiger partial charge in [0.15, 0.2) is 0 Å². The maximum absolute atomic E-state index is 13.2. The quantitative estimate of drug-likeness (QED) is 0.0321. The van der Waals surface area contributed by atoms with E-state index in [1.807, 2.05) is 12.2 Å². The van der Waals surface area contributed by atoms with Gasteiger partial charge in [-0.3, -0.25) is 9.59 Å². The van der Waals surface area contributed by atoms with E-state index in [0.717, 1.165) is 51.4 Å². The van der Waals surface area contributed by atoms with Crippen molar-refractivity contribution in [1.29, 1.82) is 0 Å². The molecule has 6 heteroatoms. The highest BCUT2D eigenvalue weighted by molar-refractivity contribution is 5.78. The van der Waals surface area contributed by atoms with Crippen molar-refractivity contribution in [3.63, 3.8) is 0 Å². The Morgan fingerprint density at radius 2 is 0.815 bits per heavy atom. The van der Waals surface area contributed by atoms with E-state index in [-0.39, 0.29) is 24.9 Å². The minimum atomic E-state index is -0.810. The first-order valence-electron chi connectivity index (χ1n) is 28.7. The number of hydrogen-bond acceptors (Lipinski definition) is 5. The van der Waals surface area contributed by atoms with Crippen molar-refractivity contribution < 1.29 is 24.5 Å². The van der Waals surface area contributed by atoms with Crippen LogP contribution in [0.5, 0.6) is 0 Å². The van der Waals surface area contributed by atoms with Crippen molar-refractivity contribution in [3.05, 3.63) is 36.5 Å². The number of allylic oxidation sites excluding steroid dienone is 5. The van der Waals surface area contributed by atoms with Gasteiger partial charge in [-0.05, 0) is 63.9 Å². The molecule has 6 nitrogen and oxygen atoms in total. The molecule has 65 heavy (non-hydrogen) atoms. The molecule has 3 atom stereocenters. The second-order valence-electron chi connectivity index (χ2n) is 19.7. The maximum Gasteiger partial charge on any atom is 0.306 e. The van der Waals surface area contributed by atoms with Gasteiger partial charge in [0.2, 0.25) is 5.91 Å². The number of aliphatic hydroxyl groups is 2. The summed E-state index contributed by atoms with van der Waals surface area (Å²) in [5.41, 5.74) is 0. The molecule has 0 bridgehead atoms. The molecule has 0 saturated heterocycles. The van der Waals surface area contributed by atoms with Gasteiger partial charge in [-0.2, -0.15) is 0 Å². The number of rotatable bonds is 52. The van der Waals surface area contributed by atoms with Crippen LogP contribution in [0, 0.1) is 0 Å². The molecule has 0 fully saturated rings. The van der Waals surface area contributed by atoms with Crippen LogP contribution < -0.4 is 5.32 Å². The first kappa shape index (κ1) is 63.1. The second-order valence-corrected chi connectivity index (χ2v) is 19.7. The molecule has 0 saturated carbocycles. The molecule has 0 rings (SSSR count). The lowest BCUT2D eigenvalue weighted by Gasteiger charge is -2.23. The number of esters is 1. The van der Waals surface area contributed by atoms with Crippen molar-refractivity contribution in [2.75, 3.05) is 6.61 Å². The number of unbranched alkanes of at least 4 members (excludes halogenated alkanes) is 36. The van der Waals surface area contributed by atoms with Crippen LogP contribution in [0.25, 0.3) is 0 Å². The predicted octanol–water partition coefficient (Wildman–Crippen LogP) is 17.6. The van der Waals surface area contributed by atoms with Gasteiger partial charge in [0.1, 0.15) is 6.10 Å². The van der Waals surface area contributed by atoms with Crippen LogP contribution in [-0.2, 0) is 14.3 Å². The average molecular weight is 915 g/mol. The van der Waals surface area contributed by atoms with Crippen molar-refractivity contribution in [2.45, 2.75) is 322 Å². The number of nitrogens with one attached hydrogen (secondary N) is 1. The molecule has 0 aromatic rings. The van der Waals surface area contributed by atoms with Gasteiger partial charge in [0.25, 0.3) is 0 Å². The molecule has 0 heterocycles. The van der Waals surface area contributed by atoms with Crippen LogP contribution in [0.15, 0.2) is 36.5 Å². The normalized spacial score (nSPS) is 13.4. The number of carbonyl (C=O) groups excluding carboxylic acids is 2. The average Bonchev–Trinajstić information content (AvgIpc) is 3.30. The minimum Gasteiger partial charge on any atom is -0.458 e. The van der Waals surface area contributed by atoms with Gasteiger partial charge in [-0.15, -0.1) is 0 Å². The summed E-state index contributed by atoms with van der Waals surface area (Å²) >= 11 is 0. The van der Waals surface area contributed by atoms with Crippen LogP contribution in [0.2, 0.25) is 0 Å². The third kappa shape index (κ3) is 48.3. The summed E-state index contributed by atoms with van der Waals surface area (Å²) in [5, 5.41) is 23.8. The number of aliphatic hydroxyl groups excluding tert-OH is 2. The fourth-order valence-electron chi connectivity index (χ4n) is 8.80. The molecule has 0 aliphatic heterocycles. The van der Waals surface area contributed by atoms with Crippen molar-refractivity contribution in [3.8, 4) is 0 Å². The smallest absolute Gasteiger partial charge is 0.306 e. The Kier molecular flexibility index (Phi) is 51.5. The van der Waals surface area contributed by atoms with Crippen molar-refractivity contribution >= 4 is 11.9 Å². The first-order chi connectivity index (χ1) is 32.0. The summed E-state index contributed by atoms with van der Waals surface area (Å²) in [5.74, 6) is -0.592. The second kappa shape index (κ2) is 53.0. The summed E-state index contributed by atoms with van der Waals surface area (Å²) in [6.45, 7) is 6.47. The molecule has 0 aliphatic carbocycles. The molecular formula is C59H111NO5. The van der Waals surface area contributed by atoms with E-state index < -0.39 is 18.2 Å². The fourth-order valence-corrected chi connectivity index (χ4v) is 8.80. The lowest BCUT2D eigenvalue weighted by atomic mass is 10.0. The van der Waals surface area contributed by atoms with Gasteiger partial charge >= 0.3 is 5.97 Å². The number of hydrogen-bond donors (Lipinski definition) is 3. The Bertz CT molecular complexity index is 1070. The van der Waals surface area contributed by atoms with E-state index in [0.29, 0.717) is 12.8 Å². The molecule has 0 aliphatic rings. The molecule has 3 unspecified atom stereocenters. The zero-order valence-corrected chi connectivity index (χ0v) is 43.6. The highest BCUT2D eigenvalue weighted by Gasteiger charge is 2.23. The summed E-state index contributed by atoms with van der Waals surface area (Å²) in [6.07, 6.45) is 63.9. The zero-order chi connectivity index (χ0) is 47.4. The molecular weight excluding hydrogens is 803 g/mol. The van der Waals surface area contributed by atoms with Crippen LogP contribution in [0.3, 0.4) is 0 Å². The summed E-state index contributed by atoms with van der Waals surface area (Å²) < 4.78 is 5.85. The molecule has 0 aromatic heterocycles. The molecule has 0 spiro atoms. The van der Waals surface area contributed by atoms with Crippen LogP contribution >= 0.6 is 0 Å². The van der Waals surface area contributed by atoms with Gasteiger partial charge in [-0.25, -0.2) is 0 Å². The zero-order valence-electron chi connectivity index (χ0n) is 43.6. The number of amides is 1. The monoisotopic (exact) mass is 914 g/mol. The third-order valence-electron chi connectivity index (χ3n) is 13.2. The summed E-state index contributed by atoms with van der Waals surface area (Å²) in [6, 6.07) is -0.731. The lowest BCUT2D eigenvalue weighted by Crippen LogP contribution is -2.46. The largest absolute Gasteiger partial charge is 0.458 e. The third-order valence-corrected chi connectivity index (χ3v) is 13.2. The minimum absolute atomic E-state index is 0.0263. The molecule has 382 valence electrons. The van der Waals surface area contributed by atoms with Crippen LogP contribution in [-0.4, -0.2) is 46.9 Å².